The first-order valence-corrected chi connectivity index (χ1v) is 6.82. The van der Waals surface area contributed by atoms with Crippen molar-refractivity contribution in [3.05, 3.63) is 29.3 Å². The van der Waals surface area contributed by atoms with Gasteiger partial charge < -0.3 is 10.6 Å². The number of nitrogens with two attached hydrogens (primary N) is 1. The minimum atomic E-state index is -4.46. The van der Waals surface area contributed by atoms with Crippen molar-refractivity contribution in [3.63, 3.8) is 0 Å². The Kier molecular flexibility index (Phi) is 3.71. The second-order valence-electron chi connectivity index (χ2n) is 5.66. The number of halogens is 3. The van der Waals surface area contributed by atoms with E-state index in [-0.39, 0.29) is 16.1 Å². The zero-order chi connectivity index (χ0) is 15.1. The van der Waals surface area contributed by atoms with Crippen LogP contribution >= 0.6 is 12.2 Å². The van der Waals surface area contributed by atoms with Crippen molar-refractivity contribution >= 4 is 22.9 Å². The largest absolute Gasteiger partial charge is 0.417 e. The van der Waals surface area contributed by atoms with Crippen LogP contribution in [0.2, 0.25) is 0 Å². The summed E-state index contributed by atoms with van der Waals surface area (Å²) in [4.78, 5) is 1.77. The Labute approximate surface area is 121 Å². The fourth-order valence-electron chi connectivity index (χ4n) is 2.74. The number of rotatable bonds is 2. The third kappa shape index (κ3) is 2.75. The van der Waals surface area contributed by atoms with Crippen molar-refractivity contribution < 1.29 is 13.2 Å². The molecule has 20 heavy (non-hydrogen) atoms. The van der Waals surface area contributed by atoms with E-state index < -0.39 is 11.7 Å². The monoisotopic (exact) mass is 302 g/mol. The van der Waals surface area contributed by atoms with E-state index in [1.165, 1.54) is 6.07 Å². The first-order chi connectivity index (χ1) is 9.13. The predicted molar refractivity (Wildman–Crippen MR) is 78.0 cm³/mol. The first kappa shape index (κ1) is 15.1. The van der Waals surface area contributed by atoms with Gasteiger partial charge in [0.25, 0.3) is 0 Å². The molecule has 110 valence electrons. The molecule has 1 aliphatic rings. The van der Waals surface area contributed by atoms with Crippen molar-refractivity contribution in [2.75, 3.05) is 11.4 Å². The maximum Gasteiger partial charge on any atom is 0.417 e. The molecular weight excluding hydrogens is 285 g/mol. The Hall–Kier alpha value is -1.30. The van der Waals surface area contributed by atoms with E-state index in [4.69, 9.17) is 18.0 Å². The zero-order valence-electron chi connectivity index (χ0n) is 11.4. The number of anilines is 1. The highest BCUT2D eigenvalue weighted by Crippen LogP contribution is 2.38. The lowest BCUT2D eigenvalue weighted by Gasteiger charge is -2.34. The molecule has 0 atom stereocenters. The second-order valence-corrected chi connectivity index (χ2v) is 6.10. The highest BCUT2D eigenvalue weighted by atomic mass is 32.1. The minimum Gasteiger partial charge on any atom is -0.389 e. The summed E-state index contributed by atoms with van der Waals surface area (Å²) in [6.45, 7) is 4.83. The third-order valence-corrected chi connectivity index (χ3v) is 4.01. The average molecular weight is 302 g/mol. The van der Waals surface area contributed by atoms with E-state index in [1.807, 2.05) is 18.7 Å². The van der Waals surface area contributed by atoms with Crippen molar-refractivity contribution in [2.45, 2.75) is 38.4 Å². The van der Waals surface area contributed by atoms with Crippen molar-refractivity contribution in [3.8, 4) is 0 Å². The van der Waals surface area contributed by atoms with Gasteiger partial charge in [0.05, 0.1) is 5.56 Å². The van der Waals surface area contributed by atoms with E-state index >= 15 is 0 Å². The average Bonchev–Trinajstić information content (AvgIpc) is 2.67. The number of hydrogen-bond donors (Lipinski definition) is 1. The number of hydrogen-bond acceptors (Lipinski definition) is 2. The molecule has 2 nitrogen and oxygen atoms in total. The molecule has 0 spiro atoms. The molecule has 0 unspecified atom stereocenters. The van der Waals surface area contributed by atoms with Crippen LogP contribution < -0.4 is 10.6 Å². The van der Waals surface area contributed by atoms with Crippen LogP contribution in [0.4, 0.5) is 18.9 Å². The summed E-state index contributed by atoms with van der Waals surface area (Å²) in [5, 5.41) is 0. The number of benzene rings is 1. The van der Waals surface area contributed by atoms with Crippen LogP contribution in [0.1, 0.15) is 37.8 Å². The summed E-state index contributed by atoms with van der Waals surface area (Å²) in [6, 6.07) is 4.19. The standard InChI is InChI=1S/C14H17F3N2S/c1-13(2)6-3-7-19(13)9-4-5-10(12(18)20)11(8-9)14(15,16)17/h4-5,8H,3,6-7H2,1-2H3,(H2,18,20). The topological polar surface area (TPSA) is 29.3 Å². The van der Waals surface area contributed by atoms with Crippen molar-refractivity contribution in [2.24, 2.45) is 5.73 Å². The molecule has 0 bridgehead atoms. The van der Waals surface area contributed by atoms with Crippen LogP contribution in [-0.4, -0.2) is 17.1 Å². The maximum absolute atomic E-state index is 13.1. The molecule has 1 aromatic carbocycles. The molecule has 0 aliphatic carbocycles. The summed E-state index contributed by atoms with van der Waals surface area (Å²) < 4.78 is 39.4. The Balaban J connectivity index is 2.50. The van der Waals surface area contributed by atoms with Crippen molar-refractivity contribution in [1.82, 2.24) is 0 Å². The Morgan fingerprint density at radius 2 is 2.00 bits per heavy atom. The summed E-state index contributed by atoms with van der Waals surface area (Å²) in [5.41, 5.74) is 4.95. The summed E-state index contributed by atoms with van der Waals surface area (Å²) >= 11 is 4.71. The molecule has 1 saturated heterocycles. The van der Waals surface area contributed by atoms with Gasteiger partial charge in [0.2, 0.25) is 0 Å². The molecule has 0 amide bonds. The van der Waals surface area contributed by atoms with Gasteiger partial charge in [-0.15, -0.1) is 0 Å². The number of thiocarbonyl (C=S) groups is 1. The number of nitrogens with zero attached hydrogens (tertiary/aromatic N) is 1. The second kappa shape index (κ2) is 4.91. The van der Waals surface area contributed by atoms with Gasteiger partial charge in [0.15, 0.2) is 0 Å². The van der Waals surface area contributed by atoms with Gasteiger partial charge in [-0.05, 0) is 44.9 Å². The minimum absolute atomic E-state index is 0.117. The molecule has 0 radical (unpaired) electrons. The Morgan fingerprint density at radius 3 is 2.45 bits per heavy atom. The molecule has 1 fully saturated rings. The summed E-state index contributed by atoms with van der Waals surface area (Å²) in [7, 11) is 0. The fourth-order valence-corrected chi connectivity index (χ4v) is 2.91. The van der Waals surface area contributed by atoms with Gasteiger partial charge in [0, 0.05) is 23.3 Å². The van der Waals surface area contributed by atoms with E-state index in [2.05, 4.69) is 0 Å². The lowest BCUT2D eigenvalue weighted by Crippen LogP contribution is -2.38. The smallest absolute Gasteiger partial charge is 0.389 e. The third-order valence-electron chi connectivity index (χ3n) is 3.79. The number of alkyl halides is 3. The van der Waals surface area contributed by atoms with E-state index in [1.54, 1.807) is 6.07 Å². The molecule has 0 saturated carbocycles. The molecule has 1 aliphatic heterocycles. The lowest BCUT2D eigenvalue weighted by atomic mass is 10.00. The van der Waals surface area contributed by atoms with Gasteiger partial charge >= 0.3 is 6.18 Å². The predicted octanol–water partition coefficient (Wildman–Crippen LogP) is 3.72. The molecule has 1 aromatic rings. The Morgan fingerprint density at radius 1 is 1.35 bits per heavy atom. The van der Waals surface area contributed by atoms with Crippen LogP contribution in [0.5, 0.6) is 0 Å². The van der Waals surface area contributed by atoms with Crippen LogP contribution in [0.3, 0.4) is 0 Å². The van der Waals surface area contributed by atoms with Gasteiger partial charge in [0.1, 0.15) is 4.99 Å². The SMILES string of the molecule is CC1(C)CCCN1c1ccc(C(N)=S)c(C(F)(F)F)c1. The highest BCUT2D eigenvalue weighted by molar-refractivity contribution is 7.80. The van der Waals surface area contributed by atoms with Gasteiger partial charge in [-0.25, -0.2) is 0 Å². The molecule has 2 N–H and O–H groups in total. The molecular formula is C14H17F3N2S. The van der Waals surface area contributed by atoms with Crippen LogP contribution in [0, 0.1) is 0 Å². The fraction of sp³-hybridized carbons (Fsp3) is 0.500. The normalized spacial score (nSPS) is 18.4. The van der Waals surface area contributed by atoms with Gasteiger partial charge in [-0.2, -0.15) is 13.2 Å². The zero-order valence-corrected chi connectivity index (χ0v) is 12.2. The van der Waals surface area contributed by atoms with Gasteiger partial charge in [-0.1, -0.05) is 12.2 Å². The van der Waals surface area contributed by atoms with Crippen LogP contribution in [-0.2, 0) is 6.18 Å². The quantitative estimate of drug-likeness (QED) is 0.844. The Bertz CT molecular complexity index is 538. The maximum atomic E-state index is 13.1. The van der Waals surface area contributed by atoms with Crippen molar-refractivity contribution in [1.29, 1.82) is 0 Å². The summed E-state index contributed by atoms with van der Waals surface area (Å²) in [6.07, 6.45) is -2.52. The van der Waals surface area contributed by atoms with E-state index in [9.17, 15) is 13.2 Å². The van der Waals surface area contributed by atoms with E-state index in [0.29, 0.717) is 5.69 Å². The van der Waals surface area contributed by atoms with Crippen LogP contribution in [0.25, 0.3) is 0 Å². The van der Waals surface area contributed by atoms with Gasteiger partial charge in [-0.3, -0.25) is 0 Å². The molecule has 2 rings (SSSR count). The highest BCUT2D eigenvalue weighted by Gasteiger charge is 2.37. The summed E-state index contributed by atoms with van der Waals surface area (Å²) in [5.74, 6) is 0. The van der Waals surface area contributed by atoms with Crippen LogP contribution in [0.15, 0.2) is 18.2 Å². The van der Waals surface area contributed by atoms with E-state index in [0.717, 1.165) is 25.5 Å². The lowest BCUT2D eigenvalue weighted by molar-refractivity contribution is -0.137. The molecule has 6 heteroatoms. The first-order valence-electron chi connectivity index (χ1n) is 6.41. The molecule has 0 aromatic heterocycles. The molecule has 1 heterocycles.